The molecule has 0 bridgehead atoms. The molecule has 24 heavy (non-hydrogen) atoms. The molecule has 0 unspecified atom stereocenters. The number of nitrogens with two attached hydrogens (primary N) is 1. The second-order valence-electron chi connectivity index (χ2n) is 6.65. The van der Waals surface area contributed by atoms with Gasteiger partial charge >= 0.3 is 0 Å². The van der Waals surface area contributed by atoms with Crippen LogP contribution in [0.1, 0.15) is 48.9 Å². The van der Waals surface area contributed by atoms with Crippen LogP contribution < -0.4 is 11.1 Å². The lowest BCUT2D eigenvalue weighted by Gasteiger charge is -2.19. The quantitative estimate of drug-likeness (QED) is 0.875. The highest BCUT2D eigenvalue weighted by molar-refractivity contribution is 6.03. The molecule has 2 atom stereocenters. The minimum Gasteiger partial charge on any atom is -0.339 e. The smallest absolute Gasteiger partial charge is 0.255 e. The number of rotatable bonds is 4. The number of carbonyl (C=O) groups excluding carboxylic acids is 2. The van der Waals surface area contributed by atoms with Gasteiger partial charge in [-0.1, -0.05) is 18.6 Å². The lowest BCUT2D eigenvalue weighted by molar-refractivity contribution is -0.117. The Morgan fingerprint density at radius 2 is 1.83 bits per heavy atom. The van der Waals surface area contributed by atoms with E-state index in [1.54, 1.807) is 12.1 Å². The molecule has 5 nitrogen and oxygen atoms in total. The van der Waals surface area contributed by atoms with E-state index in [1.807, 2.05) is 17.0 Å². The van der Waals surface area contributed by atoms with E-state index in [-0.39, 0.29) is 36.2 Å². The third-order valence-corrected chi connectivity index (χ3v) is 4.99. The van der Waals surface area contributed by atoms with Crippen LogP contribution in [0.2, 0.25) is 0 Å². The van der Waals surface area contributed by atoms with E-state index in [4.69, 9.17) is 5.73 Å². The third kappa shape index (κ3) is 4.28. The maximum Gasteiger partial charge on any atom is 0.255 e. The Bertz CT molecular complexity index is 587. The molecule has 1 saturated heterocycles. The molecule has 0 spiro atoms. The average Bonchev–Trinajstić information content (AvgIpc) is 3.20. The highest BCUT2D eigenvalue weighted by Gasteiger charge is 2.27. The van der Waals surface area contributed by atoms with E-state index in [1.165, 1.54) is 0 Å². The van der Waals surface area contributed by atoms with Gasteiger partial charge in [-0.15, -0.1) is 12.4 Å². The first kappa shape index (κ1) is 18.7. The van der Waals surface area contributed by atoms with Gasteiger partial charge < -0.3 is 16.0 Å². The van der Waals surface area contributed by atoms with Crippen molar-refractivity contribution in [1.82, 2.24) is 4.90 Å². The molecule has 1 aromatic carbocycles. The molecule has 2 fully saturated rings. The van der Waals surface area contributed by atoms with E-state index < -0.39 is 0 Å². The van der Waals surface area contributed by atoms with E-state index in [2.05, 4.69) is 5.32 Å². The molecule has 3 N–H and O–H groups in total. The fraction of sp³-hybridized carbons (Fsp3) is 0.556. The Morgan fingerprint density at radius 1 is 1.12 bits per heavy atom. The number of amides is 2. The van der Waals surface area contributed by atoms with Crippen molar-refractivity contribution in [3.8, 4) is 0 Å². The molecule has 1 saturated carbocycles. The number of carbonyl (C=O) groups is 2. The van der Waals surface area contributed by atoms with E-state index >= 15 is 0 Å². The number of halogens is 1. The number of hydrogen-bond donors (Lipinski definition) is 2. The largest absolute Gasteiger partial charge is 0.339 e. The Labute approximate surface area is 149 Å². The van der Waals surface area contributed by atoms with Gasteiger partial charge in [0.05, 0.1) is 11.3 Å². The molecule has 3 rings (SSSR count). The first-order chi connectivity index (χ1) is 11.1. The van der Waals surface area contributed by atoms with Crippen molar-refractivity contribution in [2.45, 2.75) is 44.6 Å². The predicted molar refractivity (Wildman–Crippen MR) is 97.4 cm³/mol. The maximum atomic E-state index is 12.6. The summed E-state index contributed by atoms with van der Waals surface area (Å²) in [5.41, 5.74) is 7.23. The van der Waals surface area contributed by atoms with Crippen molar-refractivity contribution < 1.29 is 9.59 Å². The highest BCUT2D eigenvalue weighted by Crippen LogP contribution is 2.27. The standard InChI is InChI=1S/C18H25N3O2.ClH/c19-15-8-5-6-13(15)12-17(22)20-16-9-2-1-7-14(16)18(23)21-10-3-4-11-21;/h1-2,7,9,13,15H,3-6,8,10-12,19H2,(H,20,22);1H/t13-,15+;/m0./s1. The van der Waals surface area contributed by atoms with Crippen molar-refractivity contribution in [2.24, 2.45) is 11.7 Å². The monoisotopic (exact) mass is 351 g/mol. The molecule has 1 aliphatic heterocycles. The molecule has 1 aromatic rings. The lowest BCUT2D eigenvalue weighted by atomic mass is 9.99. The number of hydrogen-bond acceptors (Lipinski definition) is 3. The number of anilines is 1. The molecule has 2 amide bonds. The number of nitrogens with one attached hydrogen (secondary N) is 1. The van der Waals surface area contributed by atoms with Crippen molar-refractivity contribution in [3.63, 3.8) is 0 Å². The fourth-order valence-electron chi connectivity index (χ4n) is 3.63. The van der Waals surface area contributed by atoms with Crippen LogP contribution in [0.15, 0.2) is 24.3 Å². The van der Waals surface area contributed by atoms with Gasteiger partial charge in [0.1, 0.15) is 0 Å². The summed E-state index contributed by atoms with van der Waals surface area (Å²) in [7, 11) is 0. The SMILES string of the molecule is Cl.N[C@@H]1CCC[C@H]1CC(=O)Nc1ccccc1C(=O)N1CCCC1. The van der Waals surface area contributed by atoms with Gasteiger partial charge in [0.2, 0.25) is 5.91 Å². The Morgan fingerprint density at radius 3 is 2.50 bits per heavy atom. The van der Waals surface area contributed by atoms with Crippen LogP contribution >= 0.6 is 12.4 Å². The van der Waals surface area contributed by atoms with Crippen molar-refractivity contribution in [2.75, 3.05) is 18.4 Å². The number of likely N-dealkylation sites (tertiary alicyclic amines) is 1. The number of benzene rings is 1. The summed E-state index contributed by atoms with van der Waals surface area (Å²) in [6, 6.07) is 7.40. The zero-order valence-corrected chi connectivity index (χ0v) is 14.7. The minimum absolute atomic E-state index is 0. The molecular formula is C18H26ClN3O2. The van der Waals surface area contributed by atoms with Gasteiger partial charge in [-0.25, -0.2) is 0 Å². The van der Waals surface area contributed by atoms with Crippen LogP contribution in [0.5, 0.6) is 0 Å². The van der Waals surface area contributed by atoms with Crippen molar-refractivity contribution in [3.05, 3.63) is 29.8 Å². The second-order valence-corrected chi connectivity index (χ2v) is 6.65. The second kappa shape index (κ2) is 8.49. The zero-order valence-electron chi connectivity index (χ0n) is 13.9. The molecule has 6 heteroatoms. The van der Waals surface area contributed by atoms with E-state index in [0.29, 0.717) is 17.7 Å². The van der Waals surface area contributed by atoms with E-state index in [9.17, 15) is 9.59 Å². The van der Waals surface area contributed by atoms with Crippen molar-refractivity contribution in [1.29, 1.82) is 0 Å². The van der Waals surface area contributed by atoms with Gasteiger partial charge in [-0.3, -0.25) is 9.59 Å². The summed E-state index contributed by atoms with van der Waals surface area (Å²) in [6.45, 7) is 1.61. The summed E-state index contributed by atoms with van der Waals surface area (Å²) in [5.74, 6) is 0.224. The molecule has 1 heterocycles. The molecule has 0 radical (unpaired) electrons. The van der Waals surface area contributed by atoms with Gasteiger partial charge in [0.15, 0.2) is 0 Å². The molecule has 0 aromatic heterocycles. The highest BCUT2D eigenvalue weighted by atomic mass is 35.5. The zero-order chi connectivity index (χ0) is 16.2. The average molecular weight is 352 g/mol. The van der Waals surface area contributed by atoms with Crippen LogP contribution in [0.4, 0.5) is 5.69 Å². The van der Waals surface area contributed by atoms with Crippen LogP contribution in [0, 0.1) is 5.92 Å². The lowest BCUT2D eigenvalue weighted by Crippen LogP contribution is -2.30. The van der Waals surface area contributed by atoms with Gasteiger partial charge in [0.25, 0.3) is 5.91 Å². The summed E-state index contributed by atoms with van der Waals surface area (Å²) in [4.78, 5) is 26.8. The van der Waals surface area contributed by atoms with Crippen molar-refractivity contribution >= 4 is 29.9 Å². The topological polar surface area (TPSA) is 75.4 Å². The van der Waals surface area contributed by atoms with Gasteiger partial charge in [-0.2, -0.15) is 0 Å². The van der Waals surface area contributed by atoms with Crippen LogP contribution in [0.25, 0.3) is 0 Å². The van der Waals surface area contributed by atoms with Gasteiger partial charge in [-0.05, 0) is 43.7 Å². The van der Waals surface area contributed by atoms with Gasteiger partial charge in [0, 0.05) is 25.6 Å². The Hall–Kier alpha value is -1.59. The van der Waals surface area contributed by atoms with Crippen LogP contribution in [0.3, 0.4) is 0 Å². The third-order valence-electron chi connectivity index (χ3n) is 4.99. The van der Waals surface area contributed by atoms with Crippen LogP contribution in [-0.2, 0) is 4.79 Å². The number of nitrogens with zero attached hydrogens (tertiary/aromatic N) is 1. The first-order valence-electron chi connectivity index (χ1n) is 8.59. The summed E-state index contributed by atoms with van der Waals surface area (Å²) >= 11 is 0. The fourth-order valence-corrected chi connectivity index (χ4v) is 3.63. The first-order valence-corrected chi connectivity index (χ1v) is 8.59. The minimum atomic E-state index is -0.0472. The Balaban J connectivity index is 0.00000208. The molecule has 2 aliphatic rings. The molecule has 132 valence electrons. The summed E-state index contributed by atoms with van der Waals surface area (Å²) in [6.07, 6.45) is 5.67. The van der Waals surface area contributed by atoms with E-state index in [0.717, 1.165) is 45.2 Å². The summed E-state index contributed by atoms with van der Waals surface area (Å²) in [5, 5.41) is 2.92. The number of para-hydroxylation sites is 1. The molecule has 1 aliphatic carbocycles. The van der Waals surface area contributed by atoms with Crippen LogP contribution in [-0.4, -0.2) is 35.8 Å². The molecular weight excluding hydrogens is 326 g/mol. The predicted octanol–water partition coefficient (Wildman–Crippen LogP) is 2.80. The normalized spacial score (nSPS) is 23.0. The maximum absolute atomic E-state index is 12.6. The Kier molecular flexibility index (Phi) is 6.63. The summed E-state index contributed by atoms with van der Waals surface area (Å²) < 4.78 is 0.